The number of fused-ring (bicyclic) bond motifs is 1. The third-order valence-electron chi connectivity index (χ3n) is 2.06. The van der Waals surface area contributed by atoms with Gasteiger partial charge in [-0.05, 0) is 31.0 Å². The molecule has 0 saturated carbocycles. The van der Waals surface area contributed by atoms with Gasteiger partial charge in [-0.15, -0.1) is 0 Å². The SMILES string of the molecule is CC(N)Cc1ccc2[nH]ncc2c1. The number of benzene rings is 1. The summed E-state index contributed by atoms with van der Waals surface area (Å²) in [5, 5.41) is 8.04. The van der Waals surface area contributed by atoms with Crippen molar-refractivity contribution in [2.45, 2.75) is 19.4 Å². The van der Waals surface area contributed by atoms with Crippen LogP contribution in [0.5, 0.6) is 0 Å². The van der Waals surface area contributed by atoms with E-state index < -0.39 is 0 Å². The molecule has 2 aromatic rings. The van der Waals surface area contributed by atoms with Crippen molar-refractivity contribution in [2.75, 3.05) is 0 Å². The second-order valence-electron chi connectivity index (χ2n) is 3.47. The molecule has 0 aliphatic carbocycles. The molecule has 2 rings (SSSR count). The van der Waals surface area contributed by atoms with Crippen LogP contribution >= 0.6 is 0 Å². The molecule has 1 aromatic carbocycles. The highest BCUT2D eigenvalue weighted by atomic mass is 15.1. The first-order valence-corrected chi connectivity index (χ1v) is 4.43. The van der Waals surface area contributed by atoms with E-state index in [1.807, 2.05) is 19.2 Å². The Morgan fingerprint density at radius 3 is 3.15 bits per heavy atom. The van der Waals surface area contributed by atoms with Crippen molar-refractivity contribution in [1.82, 2.24) is 10.2 Å². The second-order valence-corrected chi connectivity index (χ2v) is 3.47. The zero-order chi connectivity index (χ0) is 9.26. The lowest BCUT2D eigenvalue weighted by atomic mass is 10.1. The number of hydrogen-bond donors (Lipinski definition) is 2. The molecule has 0 radical (unpaired) electrons. The fourth-order valence-corrected chi connectivity index (χ4v) is 1.49. The molecule has 1 unspecified atom stereocenters. The van der Waals surface area contributed by atoms with Gasteiger partial charge in [0.05, 0.1) is 11.7 Å². The number of nitrogens with two attached hydrogens (primary N) is 1. The molecule has 13 heavy (non-hydrogen) atoms. The summed E-state index contributed by atoms with van der Waals surface area (Å²) in [6.45, 7) is 2.01. The summed E-state index contributed by atoms with van der Waals surface area (Å²) >= 11 is 0. The van der Waals surface area contributed by atoms with Crippen molar-refractivity contribution in [1.29, 1.82) is 0 Å². The lowest BCUT2D eigenvalue weighted by molar-refractivity contribution is 0.739. The van der Waals surface area contributed by atoms with Crippen molar-refractivity contribution in [3.63, 3.8) is 0 Å². The van der Waals surface area contributed by atoms with Crippen molar-refractivity contribution < 1.29 is 0 Å². The molecule has 68 valence electrons. The monoisotopic (exact) mass is 175 g/mol. The van der Waals surface area contributed by atoms with Gasteiger partial charge in [-0.2, -0.15) is 5.10 Å². The molecule has 1 aromatic heterocycles. The average Bonchev–Trinajstić information content (AvgIpc) is 2.49. The molecule has 3 N–H and O–H groups in total. The van der Waals surface area contributed by atoms with Crippen molar-refractivity contribution in [3.8, 4) is 0 Å². The van der Waals surface area contributed by atoms with E-state index in [4.69, 9.17) is 5.73 Å². The fraction of sp³-hybridized carbons (Fsp3) is 0.300. The highest BCUT2D eigenvalue weighted by Gasteiger charge is 2.00. The summed E-state index contributed by atoms with van der Waals surface area (Å²) < 4.78 is 0. The molecule has 1 atom stereocenters. The van der Waals surface area contributed by atoms with Gasteiger partial charge in [-0.3, -0.25) is 5.10 Å². The molecule has 0 bridgehead atoms. The first kappa shape index (κ1) is 8.26. The predicted molar refractivity (Wildman–Crippen MR) is 53.4 cm³/mol. The lowest BCUT2D eigenvalue weighted by Crippen LogP contribution is -2.17. The van der Waals surface area contributed by atoms with Gasteiger partial charge in [0.2, 0.25) is 0 Å². The van der Waals surface area contributed by atoms with Gasteiger partial charge < -0.3 is 5.73 Å². The highest BCUT2D eigenvalue weighted by molar-refractivity contribution is 5.78. The van der Waals surface area contributed by atoms with Crippen LogP contribution in [0.3, 0.4) is 0 Å². The maximum Gasteiger partial charge on any atom is 0.0650 e. The number of nitrogens with zero attached hydrogens (tertiary/aromatic N) is 1. The maximum atomic E-state index is 5.72. The van der Waals surface area contributed by atoms with Crippen molar-refractivity contribution in [2.24, 2.45) is 5.73 Å². The molecular weight excluding hydrogens is 162 g/mol. The van der Waals surface area contributed by atoms with Crippen molar-refractivity contribution >= 4 is 10.9 Å². The first-order chi connectivity index (χ1) is 6.25. The standard InChI is InChI=1S/C10H13N3/c1-7(11)4-8-2-3-10-9(5-8)6-12-13-10/h2-3,5-7H,4,11H2,1H3,(H,12,13). The molecule has 3 heteroatoms. The van der Waals surface area contributed by atoms with Crippen LogP contribution in [-0.4, -0.2) is 16.2 Å². The Balaban J connectivity index is 2.37. The predicted octanol–water partition coefficient (Wildman–Crippen LogP) is 1.45. The average molecular weight is 175 g/mol. The minimum atomic E-state index is 0.212. The van der Waals surface area contributed by atoms with E-state index in [0.29, 0.717) is 0 Å². The number of nitrogens with one attached hydrogen (secondary N) is 1. The molecule has 0 aliphatic heterocycles. The van der Waals surface area contributed by atoms with Crippen LogP contribution in [0, 0.1) is 0 Å². The number of aromatic amines is 1. The van der Waals surface area contributed by atoms with E-state index in [1.54, 1.807) is 0 Å². The summed E-state index contributed by atoms with van der Waals surface area (Å²) in [5.41, 5.74) is 8.07. The molecule has 3 nitrogen and oxygen atoms in total. The molecule has 1 heterocycles. The summed E-state index contributed by atoms with van der Waals surface area (Å²) in [4.78, 5) is 0. The zero-order valence-electron chi connectivity index (χ0n) is 7.62. The van der Waals surface area contributed by atoms with Crippen LogP contribution < -0.4 is 5.73 Å². The van der Waals surface area contributed by atoms with Gasteiger partial charge in [-0.25, -0.2) is 0 Å². The quantitative estimate of drug-likeness (QED) is 0.725. The van der Waals surface area contributed by atoms with Crippen molar-refractivity contribution in [3.05, 3.63) is 30.0 Å². The van der Waals surface area contributed by atoms with E-state index in [2.05, 4.69) is 22.3 Å². The third-order valence-corrected chi connectivity index (χ3v) is 2.06. The molecule has 0 spiro atoms. The van der Waals surface area contributed by atoms with Crippen LogP contribution in [0.15, 0.2) is 24.4 Å². The lowest BCUT2D eigenvalue weighted by Gasteiger charge is -2.04. The summed E-state index contributed by atoms with van der Waals surface area (Å²) in [7, 11) is 0. The van der Waals surface area contributed by atoms with E-state index in [-0.39, 0.29) is 6.04 Å². The fourth-order valence-electron chi connectivity index (χ4n) is 1.49. The Kier molecular flexibility index (Phi) is 2.02. The van der Waals surface area contributed by atoms with E-state index in [1.165, 1.54) is 5.56 Å². The molecule has 0 saturated heterocycles. The van der Waals surface area contributed by atoms with Crippen LogP contribution in [0.1, 0.15) is 12.5 Å². The minimum Gasteiger partial charge on any atom is -0.328 e. The number of aromatic nitrogens is 2. The topological polar surface area (TPSA) is 54.7 Å². The van der Waals surface area contributed by atoms with Gasteiger partial charge in [0, 0.05) is 11.4 Å². The van der Waals surface area contributed by atoms with Gasteiger partial charge in [0.25, 0.3) is 0 Å². The highest BCUT2D eigenvalue weighted by Crippen LogP contribution is 2.13. The zero-order valence-corrected chi connectivity index (χ0v) is 7.62. The first-order valence-electron chi connectivity index (χ1n) is 4.43. The van der Waals surface area contributed by atoms with Crippen LogP contribution in [0.25, 0.3) is 10.9 Å². The van der Waals surface area contributed by atoms with Gasteiger partial charge >= 0.3 is 0 Å². The second kappa shape index (κ2) is 3.18. The van der Waals surface area contributed by atoms with Crippen LogP contribution in [-0.2, 0) is 6.42 Å². The number of hydrogen-bond acceptors (Lipinski definition) is 2. The Bertz CT molecular complexity index is 403. The summed E-state index contributed by atoms with van der Waals surface area (Å²) in [6.07, 6.45) is 2.75. The van der Waals surface area contributed by atoms with Crippen LogP contribution in [0.2, 0.25) is 0 Å². The smallest absolute Gasteiger partial charge is 0.0650 e. The maximum absolute atomic E-state index is 5.72. The van der Waals surface area contributed by atoms with E-state index in [9.17, 15) is 0 Å². The van der Waals surface area contributed by atoms with Gasteiger partial charge in [0.1, 0.15) is 0 Å². The van der Waals surface area contributed by atoms with Crippen LogP contribution in [0.4, 0.5) is 0 Å². The largest absolute Gasteiger partial charge is 0.328 e. The summed E-state index contributed by atoms with van der Waals surface area (Å²) in [6, 6.07) is 6.47. The van der Waals surface area contributed by atoms with Gasteiger partial charge in [0.15, 0.2) is 0 Å². The Morgan fingerprint density at radius 2 is 2.38 bits per heavy atom. The van der Waals surface area contributed by atoms with Gasteiger partial charge in [-0.1, -0.05) is 6.07 Å². The van der Waals surface area contributed by atoms with E-state index >= 15 is 0 Å². The Morgan fingerprint density at radius 1 is 1.54 bits per heavy atom. The minimum absolute atomic E-state index is 0.212. The molecule has 0 amide bonds. The summed E-state index contributed by atoms with van der Waals surface area (Å²) in [5.74, 6) is 0. The molecule has 0 aliphatic rings. The molecular formula is C10H13N3. The normalized spacial score (nSPS) is 13.4. The third kappa shape index (κ3) is 1.70. The number of H-pyrrole nitrogens is 1. The Hall–Kier alpha value is -1.35. The molecule has 0 fully saturated rings. The van der Waals surface area contributed by atoms with E-state index in [0.717, 1.165) is 17.3 Å². The Labute approximate surface area is 76.9 Å². The number of rotatable bonds is 2.